The summed E-state index contributed by atoms with van der Waals surface area (Å²) in [5.41, 5.74) is 2.74. The molecule has 0 saturated carbocycles. The van der Waals surface area contributed by atoms with E-state index >= 15 is 0 Å². The van der Waals surface area contributed by atoms with Gasteiger partial charge in [0.2, 0.25) is 0 Å². The van der Waals surface area contributed by atoms with Crippen molar-refractivity contribution >= 4 is 33.4 Å². The average molecular weight is 519 g/mol. The number of rotatable bonds is 7. The molecule has 0 spiro atoms. The Bertz CT molecular complexity index is 1270. The minimum absolute atomic E-state index is 0.0547. The number of nitrogens with zero attached hydrogens (tertiary/aromatic N) is 2. The van der Waals surface area contributed by atoms with Crippen molar-refractivity contribution in [2.75, 3.05) is 6.61 Å². The summed E-state index contributed by atoms with van der Waals surface area (Å²) in [5.74, 6) is -0.981. The molecule has 0 bridgehead atoms. The van der Waals surface area contributed by atoms with Crippen molar-refractivity contribution in [1.29, 1.82) is 0 Å². The van der Waals surface area contributed by atoms with Gasteiger partial charge in [-0.25, -0.2) is 0 Å². The molecule has 3 aromatic rings. The lowest BCUT2D eigenvalue weighted by molar-refractivity contribution is -0.140. The number of Topliss-reactive ketones (excluding diaryl/α,β-unsaturated/α-hetero) is 1. The van der Waals surface area contributed by atoms with E-state index in [0.717, 1.165) is 15.6 Å². The van der Waals surface area contributed by atoms with E-state index in [1.165, 1.54) is 4.90 Å². The maximum Gasteiger partial charge on any atom is 0.295 e. The highest BCUT2D eigenvalue weighted by Crippen LogP contribution is 2.41. The Morgan fingerprint density at radius 2 is 1.97 bits per heavy atom. The van der Waals surface area contributed by atoms with Crippen molar-refractivity contribution in [1.82, 2.24) is 9.88 Å². The van der Waals surface area contributed by atoms with Crippen molar-refractivity contribution in [3.63, 3.8) is 0 Å². The van der Waals surface area contributed by atoms with Crippen molar-refractivity contribution in [3.05, 3.63) is 112 Å². The van der Waals surface area contributed by atoms with Crippen LogP contribution in [0.15, 0.2) is 89.7 Å². The fourth-order valence-electron chi connectivity index (χ4n) is 4.01. The normalized spacial score (nSPS) is 17.1. The fraction of sp³-hybridized carbons (Fsp3) is 0.148. The van der Waals surface area contributed by atoms with Gasteiger partial charge in [-0.15, -0.1) is 0 Å². The zero-order valence-corrected chi connectivity index (χ0v) is 20.2. The molecule has 7 heteroatoms. The van der Waals surface area contributed by atoms with Gasteiger partial charge in [0.1, 0.15) is 18.1 Å². The van der Waals surface area contributed by atoms with E-state index in [-0.39, 0.29) is 17.9 Å². The SMILES string of the molecule is C=CCOc1ccc(C(O)=C2C(=O)C(=O)N(Cc3cccnc3)[C@H]2c2ccc(Br)cc2)c(C)c1. The maximum atomic E-state index is 13.2. The van der Waals surface area contributed by atoms with Gasteiger partial charge in [0.15, 0.2) is 0 Å². The van der Waals surface area contributed by atoms with Crippen LogP contribution in [0.3, 0.4) is 0 Å². The van der Waals surface area contributed by atoms with E-state index in [4.69, 9.17) is 4.74 Å². The molecule has 1 aliphatic heterocycles. The smallest absolute Gasteiger partial charge is 0.295 e. The van der Waals surface area contributed by atoms with E-state index in [1.54, 1.807) is 42.7 Å². The highest BCUT2D eigenvalue weighted by Gasteiger charge is 2.46. The zero-order chi connectivity index (χ0) is 24.2. The minimum atomic E-state index is -0.746. The molecule has 1 saturated heterocycles. The summed E-state index contributed by atoms with van der Waals surface area (Å²) < 4.78 is 6.43. The number of ketones is 1. The summed E-state index contributed by atoms with van der Waals surface area (Å²) in [7, 11) is 0. The fourth-order valence-corrected chi connectivity index (χ4v) is 4.28. The molecule has 1 amide bonds. The van der Waals surface area contributed by atoms with Gasteiger partial charge in [0, 0.05) is 29.0 Å². The van der Waals surface area contributed by atoms with Gasteiger partial charge < -0.3 is 14.7 Å². The molecule has 4 rings (SSSR count). The third-order valence-electron chi connectivity index (χ3n) is 5.62. The van der Waals surface area contributed by atoms with Gasteiger partial charge in [-0.3, -0.25) is 14.6 Å². The molecule has 1 aromatic heterocycles. The standard InChI is InChI=1S/C27H23BrN2O4/c1-3-13-34-21-10-11-22(17(2)14-21)25(31)23-24(19-6-8-20(28)9-7-19)30(27(33)26(23)32)16-18-5-4-12-29-15-18/h3-12,14-15,24,31H,1,13,16H2,2H3/t24-/m0/s1. The molecule has 1 N–H and O–H groups in total. The van der Waals surface area contributed by atoms with Crippen LogP contribution in [0.25, 0.3) is 5.76 Å². The van der Waals surface area contributed by atoms with Crippen LogP contribution in [0.4, 0.5) is 0 Å². The number of hydrogen-bond donors (Lipinski definition) is 1. The van der Waals surface area contributed by atoms with E-state index in [1.807, 2.05) is 37.3 Å². The summed E-state index contributed by atoms with van der Waals surface area (Å²) in [5, 5.41) is 11.3. The first-order valence-corrected chi connectivity index (χ1v) is 11.5. The lowest BCUT2D eigenvalue weighted by Gasteiger charge is -2.25. The van der Waals surface area contributed by atoms with Crippen LogP contribution in [-0.2, 0) is 16.1 Å². The molecule has 1 fully saturated rings. The van der Waals surface area contributed by atoms with Crippen LogP contribution >= 0.6 is 15.9 Å². The molecule has 2 aromatic carbocycles. The summed E-state index contributed by atoms with van der Waals surface area (Å²) in [4.78, 5) is 31.9. The Morgan fingerprint density at radius 3 is 2.62 bits per heavy atom. The third kappa shape index (κ3) is 4.65. The molecule has 6 nitrogen and oxygen atoms in total. The molecule has 1 atom stereocenters. The summed E-state index contributed by atoms with van der Waals surface area (Å²) in [6.07, 6.45) is 4.95. The number of aliphatic hydroxyl groups excluding tert-OH is 1. The van der Waals surface area contributed by atoms with Gasteiger partial charge in [-0.2, -0.15) is 0 Å². The molecule has 0 radical (unpaired) electrons. The molecule has 1 aliphatic rings. The van der Waals surface area contributed by atoms with E-state index in [0.29, 0.717) is 23.5 Å². The molecular formula is C27H23BrN2O4. The van der Waals surface area contributed by atoms with Gasteiger partial charge in [-0.1, -0.05) is 46.8 Å². The van der Waals surface area contributed by atoms with Crippen LogP contribution in [0, 0.1) is 6.92 Å². The first kappa shape index (κ1) is 23.4. The number of ether oxygens (including phenoxy) is 1. The Labute approximate surface area is 206 Å². The Balaban J connectivity index is 1.82. The predicted molar refractivity (Wildman–Crippen MR) is 133 cm³/mol. The highest BCUT2D eigenvalue weighted by molar-refractivity contribution is 9.10. The summed E-state index contributed by atoms with van der Waals surface area (Å²) in [6.45, 7) is 5.99. The number of hydrogen-bond acceptors (Lipinski definition) is 5. The van der Waals surface area contributed by atoms with Crippen molar-refractivity contribution in [2.45, 2.75) is 19.5 Å². The molecular weight excluding hydrogens is 496 g/mol. The average Bonchev–Trinajstić information content (AvgIpc) is 3.08. The number of benzene rings is 2. The van der Waals surface area contributed by atoms with Gasteiger partial charge >= 0.3 is 0 Å². The number of carbonyl (C=O) groups excluding carboxylic acids is 2. The predicted octanol–water partition coefficient (Wildman–Crippen LogP) is 5.34. The number of carbonyl (C=O) groups is 2. The van der Waals surface area contributed by atoms with Gasteiger partial charge in [0.05, 0.1) is 11.6 Å². The number of aryl methyl sites for hydroxylation is 1. The van der Waals surface area contributed by atoms with Gasteiger partial charge in [0.25, 0.3) is 11.7 Å². The van der Waals surface area contributed by atoms with E-state index in [2.05, 4.69) is 27.5 Å². The van der Waals surface area contributed by atoms with E-state index < -0.39 is 17.7 Å². The topological polar surface area (TPSA) is 79.7 Å². The third-order valence-corrected chi connectivity index (χ3v) is 6.15. The zero-order valence-electron chi connectivity index (χ0n) is 18.6. The molecule has 0 aliphatic carbocycles. The second-order valence-corrected chi connectivity index (χ2v) is 8.83. The first-order valence-electron chi connectivity index (χ1n) is 10.7. The highest BCUT2D eigenvalue weighted by atomic mass is 79.9. The largest absolute Gasteiger partial charge is 0.507 e. The number of aromatic nitrogens is 1. The Kier molecular flexibility index (Phi) is 6.93. The Morgan fingerprint density at radius 1 is 1.21 bits per heavy atom. The van der Waals surface area contributed by atoms with Crippen LogP contribution in [0.2, 0.25) is 0 Å². The van der Waals surface area contributed by atoms with Crippen molar-refractivity contribution in [3.8, 4) is 5.75 Å². The van der Waals surface area contributed by atoms with Crippen LogP contribution in [-0.4, -0.2) is 33.3 Å². The molecule has 34 heavy (non-hydrogen) atoms. The molecule has 172 valence electrons. The summed E-state index contributed by atoms with van der Waals surface area (Å²) in [6, 6.07) is 15.4. The minimum Gasteiger partial charge on any atom is -0.507 e. The van der Waals surface area contributed by atoms with Crippen LogP contribution in [0.1, 0.15) is 28.3 Å². The molecule has 0 unspecified atom stereocenters. The maximum absolute atomic E-state index is 13.2. The van der Waals surface area contributed by atoms with Crippen molar-refractivity contribution < 1.29 is 19.4 Å². The summed E-state index contributed by atoms with van der Waals surface area (Å²) >= 11 is 3.43. The lowest BCUT2D eigenvalue weighted by Crippen LogP contribution is -2.29. The first-order chi connectivity index (χ1) is 16.4. The monoisotopic (exact) mass is 518 g/mol. The quantitative estimate of drug-likeness (QED) is 0.197. The number of pyridine rings is 1. The number of likely N-dealkylation sites (tertiary alicyclic amines) is 1. The number of halogens is 1. The van der Waals surface area contributed by atoms with E-state index in [9.17, 15) is 14.7 Å². The van der Waals surface area contributed by atoms with Crippen LogP contribution in [0.5, 0.6) is 5.75 Å². The second-order valence-electron chi connectivity index (χ2n) is 7.92. The number of aliphatic hydroxyl groups is 1. The number of amides is 1. The lowest BCUT2D eigenvalue weighted by atomic mass is 9.94. The van der Waals surface area contributed by atoms with Gasteiger partial charge in [-0.05, 0) is 60.0 Å². The second kappa shape index (κ2) is 10.1. The molecule has 2 heterocycles. The van der Waals surface area contributed by atoms with Crippen LogP contribution < -0.4 is 4.74 Å². The van der Waals surface area contributed by atoms with Crippen molar-refractivity contribution in [2.24, 2.45) is 0 Å². The Hall–Kier alpha value is -3.71.